The monoisotopic (exact) mass is 514 g/mol. The van der Waals surface area contributed by atoms with E-state index in [0.717, 1.165) is 37.5 Å². The molecule has 0 amide bonds. The number of hydrogen-bond acceptors (Lipinski definition) is 1. The van der Waals surface area contributed by atoms with E-state index < -0.39 is 23.3 Å². The van der Waals surface area contributed by atoms with E-state index in [1.807, 2.05) is 0 Å². The van der Waals surface area contributed by atoms with Crippen LogP contribution in [0.25, 0.3) is 11.1 Å². The van der Waals surface area contributed by atoms with Crippen LogP contribution in [0.4, 0.5) is 17.6 Å². The third-order valence-electron chi connectivity index (χ3n) is 8.53. The quantitative estimate of drug-likeness (QED) is 0.193. The summed E-state index contributed by atoms with van der Waals surface area (Å²) >= 11 is 0. The van der Waals surface area contributed by atoms with E-state index in [1.54, 1.807) is 13.0 Å². The maximum atomic E-state index is 15.2. The van der Waals surface area contributed by atoms with E-state index in [-0.39, 0.29) is 22.8 Å². The molecular weight excluding hydrogens is 476 g/mol. The van der Waals surface area contributed by atoms with Crippen molar-refractivity contribution in [3.8, 4) is 16.9 Å². The molecule has 2 aliphatic rings. The number of ether oxygens (including phenoxy) is 1. The van der Waals surface area contributed by atoms with Crippen molar-refractivity contribution in [2.75, 3.05) is 0 Å². The summed E-state index contributed by atoms with van der Waals surface area (Å²) in [5, 5.41) is 0. The van der Waals surface area contributed by atoms with Crippen LogP contribution in [0.5, 0.6) is 5.75 Å². The summed E-state index contributed by atoms with van der Waals surface area (Å²) in [6.45, 7) is 3.75. The van der Waals surface area contributed by atoms with Crippen LogP contribution in [-0.2, 0) is 0 Å². The minimum atomic E-state index is -1.26. The zero-order valence-electron chi connectivity index (χ0n) is 21.9. The van der Waals surface area contributed by atoms with Gasteiger partial charge in [0.15, 0.2) is 23.2 Å². The van der Waals surface area contributed by atoms with E-state index in [0.29, 0.717) is 11.5 Å². The number of halogens is 4. The van der Waals surface area contributed by atoms with Crippen molar-refractivity contribution in [2.45, 2.75) is 84.0 Å². The van der Waals surface area contributed by atoms with Gasteiger partial charge < -0.3 is 4.74 Å². The average Bonchev–Trinajstić information content (AvgIpc) is 2.92. The number of allylic oxidation sites excluding steroid dienone is 3. The van der Waals surface area contributed by atoms with Crippen molar-refractivity contribution < 1.29 is 22.3 Å². The molecule has 0 spiro atoms. The molecule has 0 aliphatic heterocycles. The molecule has 5 heteroatoms. The van der Waals surface area contributed by atoms with E-state index in [9.17, 15) is 8.78 Å². The largest absolute Gasteiger partial charge is 0.462 e. The molecule has 200 valence electrons. The summed E-state index contributed by atoms with van der Waals surface area (Å²) in [7, 11) is 0. The molecule has 0 saturated heterocycles. The Kier molecular flexibility index (Phi) is 9.50. The molecule has 0 unspecified atom stereocenters. The first-order chi connectivity index (χ1) is 17.9. The number of hydrogen-bond donors (Lipinski definition) is 0. The van der Waals surface area contributed by atoms with Gasteiger partial charge in [-0.25, -0.2) is 13.2 Å². The molecule has 2 aromatic carbocycles. The molecular formula is C32H38F4O. The van der Waals surface area contributed by atoms with E-state index >= 15 is 8.78 Å². The Labute approximate surface area is 218 Å². The molecule has 0 N–H and O–H groups in total. The first kappa shape index (κ1) is 27.5. The van der Waals surface area contributed by atoms with Crippen molar-refractivity contribution in [3.05, 3.63) is 77.6 Å². The smallest absolute Gasteiger partial charge is 0.201 e. The van der Waals surface area contributed by atoms with Crippen LogP contribution in [0, 0.1) is 41.0 Å². The Hall–Kier alpha value is -2.56. The highest BCUT2D eigenvalue weighted by Crippen LogP contribution is 2.45. The van der Waals surface area contributed by atoms with Crippen LogP contribution in [0.1, 0.15) is 89.5 Å². The van der Waals surface area contributed by atoms with Crippen LogP contribution in [0.2, 0.25) is 0 Å². The third kappa shape index (κ3) is 6.30. The Balaban J connectivity index is 1.39. The molecule has 2 fully saturated rings. The lowest BCUT2D eigenvalue weighted by molar-refractivity contribution is 0.156. The zero-order chi connectivity index (χ0) is 26.4. The summed E-state index contributed by atoms with van der Waals surface area (Å²) in [5.41, 5.74) is -0.255. The molecule has 0 aromatic heterocycles. The molecule has 2 aromatic rings. The fraction of sp³-hybridized carbons (Fsp3) is 0.500. The van der Waals surface area contributed by atoms with Crippen molar-refractivity contribution in [1.29, 1.82) is 0 Å². The molecule has 1 nitrogen and oxygen atoms in total. The maximum Gasteiger partial charge on any atom is 0.201 e. The van der Waals surface area contributed by atoms with Gasteiger partial charge in [-0.3, -0.25) is 0 Å². The third-order valence-corrected chi connectivity index (χ3v) is 8.53. The predicted molar refractivity (Wildman–Crippen MR) is 141 cm³/mol. The summed E-state index contributed by atoms with van der Waals surface area (Å²) in [6, 6.07) is 5.36. The molecule has 0 heterocycles. The molecule has 0 atom stereocenters. The molecule has 0 radical (unpaired) electrons. The van der Waals surface area contributed by atoms with Crippen molar-refractivity contribution in [2.24, 2.45) is 17.8 Å². The molecule has 4 rings (SSSR count). The molecule has 2 saturated carbocycles. The molecule has 37 heavy (non-hydrogen) atoms. The highest BCUT2D eigenvalue weighted by Gasteiger charge is 2.33. The van der Waals surface area contributed by atoms with Gasteiger partial charge in [-0.05, 0) is 107 Å². The van der Waals surface area contributed by atoms with E-state index in [1.165, 1.54) is 69.1 Å². The normalized spacial score (nSPS) is 24.7. The first-order valence-corrected chi connectivity index (χ1v) is 13.8. The fourth-order valence-electron chi connectivity index (χ4n) is 6.41. The molecule has 2 aliphatic carbocycles. The average molecular weight is 515 g/mol. The highest BCUT2D eigenvalue weighted by molar-refractivity contribution is 5.67. The van der Waals surface area contributed by atoms with Crippen molar-refractivity contribution >= 4 is 0 Å². The van der Waals surface area contributed by atoms with Crippen LogP contribution < -0.4 is 4.74 Å². The van der Waals surface area contributed by atoms with Crippen LogP contribution in [0.3, 0.4) is 0 Å². The Morgan fingerprint density at radius 1 is 0.703 bits per heavy atom. The van der Waals surface area contributed by atoms with Crippen LogP contribution in [-0.4, -0.2) is 0 Å². The lowest BCUT2D eigenvalue weighted by atomic mass is 9.68. The minimum absolute atomic E-state index is 0.0461. The van der Waals surface area contributed by atoms with Crippen molar-refractivity contribution in [1.82, 2.24) is 0 Å². The summed E-state index contributed by atoms with van der Waals surface area (Å²) < 4.78 is 64.4. The topological polar surface area (TPSA) is 9.23 Å². The second-order valence-electron chi connectivity index (χ2n) is 10.7. The van der Waals surface area contributed by atoms with Gasteiger partial charge >= 0.3 is 0 Å². The van der Waals surface area contributed by atoms with Crippen LogP contribution in [0.15, 0.2) is 48.8 Å². The van der Waals surface area contributed by atoms with Gasteiger partial charge in [0, 0.05) is 11.1 Å². The number of benzene rings is 2. The SMILES string of the molecule is C/C=C/CCC1CCC(C2CCC(c3ccc(-c4ccc(O/C=C/C)c(F)c4F)c(F)c3F)CC2)CC1. The lowest BCUT2D eigenvalue weighted by Gasteiger charge is -2.38. The second-order valence-corrected chi connectivity index (χ2v) is 10.7. The van der Waals surface area contributed by atoms with Gasteiger partial charge in [0.2, 0.25) is 5.82 Å². The standard InChI is InChI=1S/C32H38F4O/c1-3-5-6-7-21-8-10-22(11-9-21)23-12-14-24(15-13-23)25-16-17-26(30(34)29(25)33)27-18-19-28(37-20-4-2)32(36)31(27)35/h3-5,16-24H,6-15H2,1-2H3/b5-3+,20-4+. The lowest BCUT2D eigenvalue weighted by Crippen LogP contribution is -2.25. The number of rotatable bonds is 8. The zero-order valence-corrected chi connectivity index (χ0v) is 21.9. The van der Waals surface area contributed by atoms with Gasteiger partial charge in [-0.15, -0.1) is 0 Å². The van der Waals surface area contributed by atoms with Gasteiger partial charge in [0.05, 0.1) is 6.26 Å². The predicted octanol–water partition coefficient (Wildman–Crippen LogP) is 10.3. The van der Waals surface area contributed by atoms with Gasteiger partial charge in [-0.2, -0.15) is 4.39 Å². The highest BCUT2D eigenvalue weighted by atomic mass is 19.2. The van der Waals surface area contributed by atoms with Gasteiger partial charge in [0.25, 0.3) is 0 Å². The minimum Gasteiger partial charge on any atom is -0.462 e. The van der Waals surface area contributed by atoms with Crippen molar-refractivity contribution in [3.63, 3.8) is 0 Å². The second kappa shape index (κ2) is 12.8. The van der Waals surface area contributed by atoms with E-state index in [4.69, 9.17) is 4.74 Å². The van der Waals surface area contributed by atoms with Gasteiger partial charge in [0.1, 0.15) is 0 Å². The summed E-state index contributed by atoms with van der Waals surface area (Å²) in [5.74, 6) is -2.66. The first-order valence-electron chi connectivity index (χ1n) is 13.8. The van der Waals surface area contributed by atoms with Gasteiger partial charge in [-0.1, -0.05) is 43.2 Å². The fourth-order valence-corrected chi connectivity index (χ4v) is 6.41. The summed E-state index contributed by atoms with van der Waals surface area (Å²) in [6.07, 6.45) is 18.5. The Morgan fingerprint density at radius 3 is 1.92 bits per heavy atom. The summed E-state index contributed by atoms with van der Waals surface area (Å²) in [4.78, 5) is 0. The maximum absolute atomic E-state index is 15.2. The molecule has 0 bridgehead atoms. The Morgan fingerprint density at radius 2 is 1.30 bits per heavy atom. The Bertz CT molecular complexity index is 1110. The van der Waals surface area contributed by atoms with Crippen LogP contribution >= 0.6 is 0 Å². The van der Waals surface area contributed by atoms with E-state index in [2.05, 4.69) is 19.1 Å².